The minimum atomic E-state index is 0. The second-order valence-corrected chi connectivity index (χ2v) is 15.3. The predicted molar refractivity (Wildman–Crippen MR) is 196 cm³/mol. The first kappa shape index (κ1) is 36.2. The normalized spacial score (nSPS) is 25.0. The molecule has 0 heterocycles. The van der Waals surface area contributed by atoms with Gasteiger partial charge in [-0.15, -0.1) is 12.5 Å². The van der Waals surface area contributed by atoms with E-state index >= 15 is 0 Å². The van der Waals surface area contributed by atoms with Gasteiger partial charge in [0.2, 0.25) is 0 Å². The maximum absolute atomic E-state index is 8.21. The van der Waals surface area contributed by atoms with Crippen LogP contribution in [0.1, 0.15) is 66.2 Å². The molecule has 1 N–H and O–H groups in total. The Labute approximate surface area is 300 Å². The van der Waals surface area contributed by atoms with E-state index < -0.39 is 0 Å². The summed E-state index contributed by atoms with van der Waals surface area (Å²) in [5, 5.41) is 2.90. The summed E-state index contributed by atoms with van der Waals surface area (Å²) in [7, 11) is 0.271. The van der Waals surface area contributed by atoms with Crippen molar-refractivity contribution in [3.63, 3.8) is 0 Å². The largest absolute Gasteiger partial charge is 0.672 e. The summed E-state index contributed by atoms with van der Waals surface area (Å²) in [4.78, 5) is 0. The van der Waals surface area contributed by atoms with E-state index in [0.29, 0.717) is 5.92 Å². The number of rotatable bonds is 3. The summed E-state index contributed by atoms with van der Waals surface area (Å²) in [5.74, 6) is 3.43. The number of allylic oxidation sites excluding steroid dienone is 4. The minimum absolute atomic E-state index is 0. The first-order chi connectivity index (χ1) is 21.8. The number of benzene rings is 4. The van der Waals surface area contributed by atoms with E-state index in [9.17, 15) is 0 Å². The Balaban J connectivity index is 0.000000139. The van der Waals surface area contributed by atoms with E-state index in [-0.39, 0.29) is 40.9 Å². The molecule has 46 heavy (non-hydrogen) atoms. The Kier molecular flexibility index (Phi) is 13.8. The SMILES string of the molecule is CC1=[C-]C(C)C(C)=C1C.[Hf].[NH-]C12CC3CC(CC(C3)C1)C2.c1ccc(-c2ccccc2)cc1.c1ccc([SiH]c2ccccc2)cc1. The second-order valence-electron chi connectivity index (χ2n) is 13.7. The molecule has 0 spiro atoms. The van der Waals surface area contributed by atoms with Gasteiger partial charge in [-0.1, -0.05) is 178 Å². The summed E-state index contributed by atoms with van der Waals surface area (Å²) in [6.07, 6.45) is 11.5. The molecule has 9 rings (SSSR count). The summed E-state index contributed by atoms with van der Waals surface area (Å²) in [5.41, 5.74) is 15.1. The van der Waals surface area contributed by atoms with Gasteiger partial charge in [0.25, 0.3) is 0 Å². The van der Waals surface area contributed by atoms with Crippen LogP contribution in [-0.4, -0.2) is 15.1 Å². The standard InChI is InChI=1S/C12H11Si.C12H10.C10H16N.C9H13.Hf/c1-3-7-11(8-4-1)13-12-9-5-2-6-10-12;1-3-7-11(8-4-1)12-9-5-2-6-10-12;11-10-4-7-1-8(5-10)3-9(2-7)6-10;1-6-5-7(2)9(4)8(6)3;/h1-10,13H;1-10H;7-9,11H,1-6H2;6H,1-4H3;/q;;2*-1;. The summed E-state index contributed by atoms with van der Waals surface area (Å²) in [6, 6.07) is 42.1. The van der Waals surface area contributed by atoms with Crippen LogP contribution in [0.3, 0.4) is 0 Å². The van der Waals surface area contributed by atoms with E-state index in [2.05, 4.69) is 143 Å². The molecule has 5 aliphatic rings. The zero-order chi connectivity index (χ0) is 31.6. The average molecular weight is 787 g/mol. The fourth-order valence-electron chi connectivity index (χ4n) is 7.82. The first-order valence-electron chi connectivity index (χ1n) is 16.9. The third-order valence-electron chi connectivity index (χ3n) is 10.1. The molecule has 1 radical (unpaired) electrons. The third kappa shape index (κ3) is 10.5. The Bertz CT molecular complexity index is 1420. The Hall–Kier alpha value is -2.59. The van der Waals surface area contributed by atoms with Gasteiger partial charge < -0.3 is 5.73 Å². The Morgan fingerprint density at radius 2 is 0.935 bits per heavy atom. The molecule has 0 aliphatic heterocycles. The molecule has 4 aromatic rings. The van der Waals surface area contributed by atoms with Crippen LogP contribution in [0.25, 0.3) is 16.9 Å². The molecule has 1 unspecified atom stereocenters. The van der Waals surface area contributed by atoms with Crippen LogP contribution in [-0.2, 0) is 25.8 Å². The van der Waals surface area contributed by atoms with Crippen LogP contribution in [0.4, 0.5) is 0 Å². The second kappa shape index (κ2) is 17.5. The van der Waals surface area contributed by atoms with Gasteiger partial charge in [-0.05, 0) is 48.1 Å². The molecule has 4 aromatic carbocycles. The molecule has 3 heteroatoms. The van der Waals surface area contributed by atoms with Crippen molar-refractivity contribution in [1.82, 2.24) is 0 Å². The van der Waals surface area contributed by atoms with Gasteiger partial charge in [-0.25, -0.2) is 5.57 Å². The Morgan fingerprint density at radius 3 is 1.20 bits per heavy atom. The van der Waals surface area contributed by atoms with Crippen LogP contribution in [0.5, 0.6) is 0 Å². The van der Waals surface area contributed by atoms with Crippen LogP contribution in [0.2, 0.25) is 0 Å². The maximum atomic E-state index is 8.21. The minimum Gasteiger partial charge on any atom is -0.672 e. The fraction of sp³-hybridized carbons (Fsp3) is 0.349. The summed E-state index contributed by atoms with van der Waals surface area (Å²) in [6.45, 7) is 8.67. The van der Waals surface area contributed by atoms with Crippen molar-refractivity contribution in [3.05, 3.63) is 150 Å². The number of nitrogens with one attached hydrogen (secondary N) is 1. The quantitative estimate of drug-likeness (QED) is 0.146. The van der Waals surface area contributed by atoms with Gasteiger partial charge in [-0.3, -0.25) is 6.08 Å². The average Bonchev–Trinajstić information content (AvgIpc) is 3.27. The van der Waals surface area contributed by atoms with E-state index in [4.69, 9.17) is 5.73 Å². The molecule has 1 atom stereocenters. The number of hydrogen-bond acceptors (Lipinski definition) is 0. The van der Waals surface area contributed by atoms with Crippen molar-refractivity contribution >= 4 is 19.9 Å². The molecule has 0 amide bonds. The fourth-order valence-corrected chi connectivity index (χ4v) is 9.04. The van der Waals surface area contributed by atoms with Crippen LogP contribution >= 0.6 is 0 Å². The predicted octanol–water partition coefficient (Wildman–Crippen LogP) is 10.2. The van der Waals surface area contributed by atoms with Gasteiger partial charge in [-0.2, -0.15) is 11.1 Å². The van der Waals surface area contributed by atoms with Gasteiger partial charge in [0.05, 0.1) is 0 Å². The van der Waals surface area contributed by atoms with E-state index in [1.54, 1.807) is 0 Å². The zero-order valence-corrected chi connectivity index (χ0v) is 32.9. The molecule has 237 valence electrons. The molecule has 1 nitrogen and oxygen atoms in total. The van der Waals surface area contributed by atoms with Crippen molar-refractivity contribution < 1.29 is 25.8 Å². The van der Waals surface area contributed by atoms with Crippen LogP contribution in [0.15, 0.2) is 138 Å². The van der Waals surface area contributed by atoms with E-state index in [0.717, 1.165) is 17.8 Å². The smallest absolute Gasteiger partial charge is 0.103 e. The molecule has 0 aromatic heterocycles. The van der Waals surface area contributed by atoms with Crippen molar-refractivity contribution in [2.24, 2.45) is 23.7 Å². The molecular formula is C43H50HfNSi-2. The molecular weight excluding hydrogens is 737 g/mol. The topological polar surface area (TPSA) is 23.8 Å². The molecule has 4 bridgehead atoms. The maximum Gasteiger partial charge on any atom is 0.103 e. The summed E-state index contributed by atoms with van der Waals surface area (Å²) >= 11 is 0. The molecule has 4 fully saturated rings. The molecule has 4 saturated carbocycles. The van der Waals surface area contributed by atoms with Crippen molar-refractivity contribution in [2.75, 3.05) is 0 Å². The van der Waals surface area contributed by atoms with Gasteiger partial charge in [0, 0.05) is 25.8 Å². The zero-order valence-electron chi connectivity index (χ0n) is 28.2. The van der Waals surface area contributed by atoms with Gasteiger partial charge in [0.15, 0.2) is 0 Å². The van der Waals surface area contributed by atoms with Gasteiger partial charge >= 0.3 is 0 Å². The van der Waals surface area contributed by atoms with Crippen molar-refractivity contribution in [3.8, 4) is 11.1 Å². The van der Waals surface area contributed by atoms with Crippen molar-refractivity contribution in [1.29, 1.82) is 0 Å². The van der Waals surface area contributed by atoms with Crippen LogP contribution < -0.4 is 10.4 Å². The van der Waals surface area contributed by atoms with E-state index in [1.807, 2.05) is 12.1 Å². The first-order valence-corrected chi connectivity index (χ1v) is 18.0. The Morgan fingerprint density at radius 1 is 0.587 bits per heavy atom. The third-order valence-corrected chi connectivity index (χ3v) is 11.5. The van der Waals surface area contributed by atoms with Crippen LogP contribution in [0, 0.1) is 29.7 Å². The molecule has 5 aliphatic carbocycles. The van der Waals surface area contributed by atoms with E-state index in [1.165, 1.54) is 76.7 Å². The summed E-state index contributed by atoms with van der Waals surface area (Å²) < 4.78 is 0. The number of hydrogen-bond donors (Lipinski definition) is 0. The molecule has 0 saturated heterocycles. The van der Waals surface area contributed by atoms with Gasteiger partial charge in [0.1, 0.15) is 9.52 Å². The monoisotopic (exact) mass is 788 g/mol. The van der Waals surface area contributed by atoms with Crippen molar-refractivity contribution in [2.45, 2.75) is 71.8 Å².